The van der Waals surface area contributed by atoms with E-state index in [1.807, 2.05) is 0 Å². The summed E-state index contributed by atoms with van der Waals surface area (Å²) in [6.07, 6.45) is 6.53. The smallest absolute Gasteiger partial charge is 0.00965 e. The molecule has 2 nitrogen and oxygen atoms in total. The van der Waals surface area contributed by atoms with Crippen molar-refractivity contribution in [1.29, 1.82) is 0 Å². The maximum Gasteiger partial charge on any atom is 0.00965 e. The SMILES string of the molecule is CCCCN(CCCC)C(C)CCNC(C)(C)C. The molecule has 0 saturated heterocycles. The molecule has 1 N–H and O–H groups in total. The normalized spacial score (nSPS) is 14.2. The zero-order chi connectivity index (χ0) is 14.0. The zero-order valence-corrected chi connectivity index (χ0v) is 13.7. The fraction of sp³-hybridized carbons (Fsp3) is 1.00. The van der Waals surface area contributed by atoms with Gasteiger partial charge in [0.25, 0.3) is 0 Å². The summed E-state index contributed by atoms with van der Waals surface area (Å²) >= 11 is 0. The Kier molecular flexibility index (Phi) is 9.76. The van der Waals surface area contributed by atoms with Crippen molar-refractivity contribution in [3.8, 4) is 0 Å². The van der Waals surface area contributed by atoms with Crippen LogP contribution in [0, 0.1) is 0 Å². The lowest BCUT2D eigenvalue weighted by Gasteiger charge is -2.30. The predicted octanol–water partition coefficient (Wildman–Crippen LogP) is 4.06. The summed E-state index contributed by atoms with van der Waals surface area (Å²) in [6, 6.07) is 0.706. The Bertz CT molecular complexity index is 176. The number of unbranched alkanes of at least 4 members (excludes halogenated alkanes) is 2. The van der Waals surface area contributed by atoms with E-state index < -0.39 is 0 Å². The van der Waals surface area contributed by atoms with E-state index in [9.17, 15) is 0 Å². The molecule has 18 heavy (non-hydrogen) atoms. The minimum atomic E-state index is 0.247. The van der Waals surface area contributed by atoms with Crippen LogP contribution in [0.3, 0.4) is 0 Å². The van der Waals surface area contributed by atoms with E-state index in [1.165, 1.54) is 45.2 Å². The van der Waals surface area contributed by atoms with E-state index >= 15 is 0 Å². The lowest BCUT2D eigenvalue weighted by Crippen LogP contribution is -2.41. The third kappa shape index (κ3) is 9.90. The molecule has 0 amide bonds. The highest BCUT2D eigenvalue weighted by Gasteiger charge is 2.14. The van der Waals surface area contributed by atoms with Gasteiger partial charge in [-0.1, -0.05) is 26.7 Å². The Labute approximate surface area is 116 Å². The molecule has 1 unspecified atom stereocenters. The largest absolute Gasteiger partial charge is 0.312 e. The van der Waals surface area contributed by atoms with E-state index in [1.54, 1.807) is 0 Å². The Morgan fingerprint density at radius 1 is 1.00 bits per heavy atom. The second-order valence-corrected chi connectivity index (χ2v) is 6.56. The highest BCUT2D eigenvalue weighted by molar-refractivity contribution is 4.73. The molecule has 0 heterocycles. The minimum Gasteiger partial charge on any atom is -0.312 e. The van der Waals surface area contributed by atoms with Gasteiger partial charge in [0.05, 0.1) is 0 Å². The van der Waals surface area contributed by atoms with Gasteiger partial charge in [-0.3, -0.25) is 0 Å². The zero-order valence-electron chi connectivity index (χ0n) is 13.7. The van der Waals surface area contributed by atoms with Gasteiger partial charge < -0.3 is 10.2 Å². The Morgan fingerprint density at radius 2 is 1.50 bits per heavy atom. The van der Waals surface area contributed by atoms with E-state index in [-0.39, 0.29) is 5.54 Å². The first-order chi connectivity index (χ1) is 8.40. The number of nitrogens with one attached hydrogen (secondary N) is 1. The molecular weight excluding hydrogens is 220 g/mol. The summed E-state index contributed by atoms with van der Waals surface area (Å²) in [5.74, 6) is 0. The van der Waals surface area contributed by atoms with Crippen LogP contribution < -0.4 is 5.32 Å². The average molecular weight is 256 g/mol. The van der Waals surface area contributed by atoms with Gasteiger partial charge in [-0.2, -0.15) is 0 Å². The summed E-state index contributed by atoms with van der Waals surface area (Å²) in [5, 5.41) is 3.59. The van der Waals surface area contributed by atoms with Gasteiger partial charge in [0.2, 0.25) is 0 Å². The monoisotopic (exact) mass is 256 g/mol. The van der Waals surface area contributed by atoms with Gasteiger partial charge in [0.15, 0.2) is 0 Å². The summed E-state index contributed by atoms with van der Waals surface area (Å²) in [5.41, 5.74) is 0.247. The number of hydrogen-bond donors (Lipinski definition) is 1. The quantitative estimate of drug-likeness (QED) is 0.634. The first kappa shape index (κ1) is 17.9. The lowest BCUT2D eigenvalue weighted by molar-refractivity contribution is 0.190. The van der Waals surface area contributed by atoms with Crippen LogP contribution >= 0.6 is 0 Å². The summed E-state index contributed by atoms with van der Waals surface area (Å²) in [6.45, 7) is 17.3. The maximum atomic E-state index is 3.59. The molecule has 0 aromatic rings. The maximum absolute atomic E-state index is 3.59. The third-order valence-corrected chi connectivity index (χ3v) is 3.44. The second kappa shape index (κ2) is 9.80. The highest BCUT2D eigenvalue weighted by Crippen LogP contribution is 2.08. The fourth-order valence-electron chi connectivity index (χ4n) is 2.11. The van der Waals surface area contributed by atoms with Crippen LogP contribution in [-0.2, 0) is 0 Å². The van der Waals surface area contributed by atoms with Gasteiger partial charge in [-0.25, -0.2) is 0 Å². The van der Waals surface area contributed by atoms with Crippen LogP contribution in [0.1, 0.15) is 73.6 Å². The molecule has 0 spiro atoms. The molecule has 0 aromatic carbocycles. The Balaban J connectivity index is 3.98. The molecule has 0 aliphatic rings. The van der Waals surface area contributed by atoms with Crippen LogP contribution in [0.4, 0.5) is 0 Å². The second-order valence-electron chi connectivity index (χ2n) is 6.56. The van der Waals surface area contributed by atoms with Crippen molar-refractivity contribution in [2.75, 3.05) is 19.6 Å². The molecule has 110 valence electrons. The van der Waals surface area contributed by atoms with Gasteiger partial charge in [-0.15, -0.1) is 0 Å². The van der Waals surface area contributed by atoms with Crippen molar-refractivity contribution in [2.45, 2.75) is 85.2 Å². The van der Waals surface area contributed by atoms with Gasteiger partial charge in [0.1, 0.15) is 0 Å². The third-order valence-electron chi connectivity index (χ3n) is 3.44. The summed E-state index contributed by atoms with van der Waals surface area (Å²) in [7, 11) is 0. The van der Waals surface area contributed by atoms with Crippen molar-refractivity contribution >= 4 is 0 Å². The van der Waals surface area contributed by atoms with Gasteiger partial charge in [-0.05, 0) is 66.6 Å². The molecule has 0 aliphatic heterocycles. The first-order valence-electron chi connectivity index (χ1n) is 7.89. The van der Waals surface area contributed by atoms with Crippen LogP contribution in [-0.4, -0.2) is 36.1 Å². The fourth-order valence-corrected chi connectivity index (χ4v) is 2.11. The van der Waals surface area contributed by atoms with Gasteiger partial charge >= 0.3 is 0 Å². The number of rotatable bonds is 10. The van der Waals surface area contributed by atoms with E-state index in [4.69, 9.17) is 0 Å². The Morgan fingerprint density at radius 3 is 1.89 bits per heavy atom. The van der Waals surface area contributed by atoms with E-state index in [0.29, 0.717) is 6.04 Å². The summed E-state index contributed by atoms with van der Waals surface area (Å²) in [4.78, 5) is 2.68. The van der Waals surface area contributed by atoms with Crippen LogP contribution in [0.25, 0.3) is 0 Å². The van der Waals surface area contributed by atoms with Crippen molar-refractivity contribution in [1.82, 2.24) is 10.2 Å². The molecule has 2 heteroatoms. The van der Waals surface area contributed by atoms with E-state index in [2.05, 4.69) is 51.8 Å². The van der Waals surface area contributed by atoms with Crippen LogP contribution in [0.5, 0.6) is 0 Å². The molecule has 0 fully saturated rings. The topological polar surface area (TPSA) is 15.3 Å². The van der Waals surface area contributed by atoms with Crippen molar-refractivity contribution in [3.05, 3.63) is 0 Å². The minimum absolute atomic E-state index is 0.247. The van der Waals surface area contributed by atoms with E-state index in [0.717, 1.165) is 6.54 Å². The van der Waals surface area contributed by atoms with Crippen molar-refractivity contribution < 1.29 is 0 Å². The predicted molar refractivity (Wildman–Crippen MR) is 83.2 cm³/mol. The van der Waals surface area contributed by atoms with Crippen LogP contribution in [0.2, 0.25) is 0 Å². The Hall–Kier alpha value is -0.0800. The lowest BCUT2D eigenvalue weighted by atomic mass is 10.1. The average Bonchev–Trinajstić information content (AvgIpc) is 2.27. The number of nitrogens with zero attached hydrogens (tertiary/aromatic N) is 1. The molecule has 0 rings (SSSR count). The molecular formula is C16H36N2. The molecule has 0 saturated carbocycles. The molecule has 0 radical (unpaired) electrons. The molecule has 1 atom stereocenters. The van der Waals surface area contributed by atoms with Crippen LogP contribution in [0.15, 0.2) is 0 Å². The molecule has 0 aliphatic carbocycles. The highest BCUT2D eigenvalue weighted by atomic mass is 15.1. The summed E-state index contributed by atoms with van der Waals surface area (Å²) < 4.78 is 0. The van der Waals surface area contributed by atoms with Gasteiger partial charge in [0, 0.05) is 11.6 Å². The molecule has 0 aromatic heterocycles. The standard InChI is InChI=1S/C16H36N2/c1-7-9-13-18(14-10-8-2)15(3)11-12-17-16(4,5)6/h15,17H,7-14H2,1-6H3. The van der Waals surface area contributed by atoms with Crippen molar-refractivity contribution in [2.24, 2.45) is 0 Å². The molecule has 0 bridgehead atoms. The van der Waals surface area contributed by atoms with Crippen molar-refractivity contribution in [3.63, 3.8) is 0 Å². The first-order valence-corrected chi connectivity index (χ1v) is 7.89. The number of hydrogen-bond acceptors (Lipinski definition) is 2.